The number of carbonyl (C=O) groups is 2. The summed E-state index contributed by atoms with van der Waals surface area (Å²) in [6.45, 7) is 6.58. The summed E-state index contributed by atoms with van der Waals surface area (Å²) >= 11 is 3.65. The Morgan fingerprint density at radius 3 is 2.52 bits per heavy atom. The van der Waals surface area contributed by atoms with Crippen LogP contribution >= 0.6 is 15.9 Å². The molecule has 2 aromatic carbocycles. The molecule has 1 fully saturated rings. The van der Waals surface area contributed by atoms with Gasteiger partial charge in [-0.15, -0.1) is 0 Å². The Labute approximate surface area is 155 Å². The van der Waals surface area contributed by atoms with Gasteiger partial charge in [-0.25, -0.2) is 0 Å². The second-order valence-corrected chi connectivity index (χ2v) is 7.74. The van der Waals surface area contributed by atoms with Crippen LogP contribution in [0.4, 0.5) is 5.69 Å². The van der Waals surface area contributed by atoms with Crippen LogP contribution in [0.2, 0.25) is 0 Å². The second kappa shape index (κ2) is 6.13. The summed E-state index contributed by atoms with van der Waals surface area (Å²) in [5.74, 6) is -0.315. The number of hydrogen-bond donors (Lipinski definition) is 0. The molecular formula is C20H21BrN2O2. The standard InChI is InChI=1S/C20H21BrN2O2/c1-3-4-10-23-19(24)13-6-7-14(21)18-15(22-8-5-9-22)11-12(2)16(17(13)18)20(23)25/h6-7,11H,3-5,8-10H2,1-2H3. The molecule has 0 unspecified atom stereocenters. The van der Waals surface area contributed by atoms with Crippen LogP contribution in [0, 0.1) is 6.92 Å². The molecule has 0 atom stereocenters. The molecule has 0 spiro atoms. The summed E-state index contributed by atoms with van der Waals surface area (Å²) in [5.41, 5.74) is 3.41. The van der Waals surface area contributed by atoms with Crippen molar-refractivity contribution in [1.82, 2.24) is 4.90 Å². The van der Waals surface area contributed by atoms with E-state index in [2.05, 4.69) is 33.8 Å². The Balaban J connectivity index is 2.00. The number of hydrogen-bond acceptors (Lipinski definition) is 3. The van der Waals surface area contributed by atoms with E-state index >= 15 is 0 Å². The van der Waals surface area contributed by atoms with Crippen LogP contribution in [0.15, 0.2) is 22.7 Å². The van der Waals surface area contributed by atoms with Gasteiger partial charge in [-0.1, -0.05) is 29.3 Å². The van der Waals surface area contributed by atoms with Gasteiger partial charge < -0.3 is 4.90 Å². The Morgan fingerprint density at radius 2 is 1.88 bits per heavy atom. The molecule has 130 valence electrons. The zero-order chi connectivity index (χ0) is 17.7. The van der Waals surface area contributed by atoms with Gasteiger partial charge in [-0.3, -0.25) is 14.5 Å². The molecule has 2 aliphatic rings. The van der Waals surface area contributed by atoms with E-state index in [1.165, 1.54) is 11.3 Å². The number of rotatable bonds is 4. The van der Waals surface area contributed by atoms with Crippen LogP contribution in [0.3, 0.4) is 0 Å². The van der Waals surface area contributed by atoms with Crippen LogP contribution < -0.4 is 4.90 Å². The lowest BCUT2D eigenvalue weighted by molar-refractivity contribution is 0.0608. The average Bonchev–Trinajstić information content (AvgIpc) is 2.52. The number of aryl methyl sites for hydroxylation is 1. The van der Waals surface area contributed by atoms with Crippen molar-refractivity contribution in [3.05, 3.63) is 39.4 Å². The number of unbranched alkanes of at least 4 members (excludes halogenated alkanes) is 1. The minimum Gasteiger partial charge on any atom is -0.371 e. The lowest BCUT2D eigenvalue weighted by atomic mass is 9.89. The van der Waals surface area contributed by atoms with Crippen LogP contribution in [0.5, 0.6) is 0 Å². The molecule has 0 N–H and O–H groups in total. The predicted molar refractivity (Wildman–Crippen MR) is 103 cm³/mol. The first kappa shape index (κ1) is 16.6. The number of nitrogens with zero attached hydrogens (tertiary/aromatic N) is 2. The molecule has 2 aliphatic heterocycles. The van der Waals surface area contributed by atoms with Gasteiger partial charge in [-0.2, -0.15) is 0 Å². The Hall–Kier alpha value is -1.88. The molecule has 4 nitrogen and oxygen atoms in total. The number of carbonyl (C=O) groups excluding carboxylic acids is 2. The maximum absolute atomic E-state index is 13.1. The minimum atomic E-state index is -0.163. The van der Waals surface area contributed by atoms with Crippen molar-refractivity contribution in [2.24, 2.45) is 0 Å². The summed E-state index contributed by atoms with van der Waals surface area (Å²) in [6, 6.07) is 5.89. The van der Waals surface area contributed by atoms with Gasteiger partial charge in [0.25, 0.3) is 11.8 Å². The van der Waals surface area contributed by atoms with Crippen molar-refractivity contribution in [3.63, 3.8) is 0 Å². The third-order valence-corrected chi connectivity index (χ3v) is 5.94. The number of amides is 2. The Morgan fingerprint density at radius 1 is 1.12 bits per heavy atom. The lowest BCUT2D eigenvalue weighted by Crippen LogP contribution is -2.42. The first-order chi connectivity index (χ1) is 12.0. The molecule has 2 heterocycles. The van der Waals surface area contributed by atoms with E-state index in [4.69, 9.17) is 0 Å². The first-order valence-electron chi connectivity index (χ1n) is 8.91. The SMILES string of the molecule is CCCCN1C(=O)c2ccc(Br)c3c(N4CCC4)cc(C)c(c23)C1=O. The van der Waals surface area contributed by atoms with Gasteiger partial charge in [0.05, 0.1) is 5.56 Å². The highest BCUT2D eigenvalue weighted by atomic mass is 79.9. The van der Waals surface area contributed by atoms with E-state index in [0.717, 1.165) is 52.4 Å². The van der Waals surface area contributed by atoms with Gasteiger partial charge in [0, 0.05) is 46.1 Å². The molecule has 2 amide bonds. The van der Waals surface area contributed by atoms with Crippen molar-refractivity contribution in [2.75, 3.05) is 24.5 Å². The molecule has 4 rings (SSSR count). The Bertz CT molecular complexity index is 902. The lowest BCUT2D eigenvalue weighted by Gasteiger charge is -2.36. The van der Waals surface area contributed by atoms with Gasteiger partial charge >= 0.3 is 0 Å². The molecule has 5 heteroatoms. The molecule has 0 bridgehead atoms. The van der Waals surface area contributed by atoms with Crippen molar-refractivity contribution in [2.45, 2.75) is 33.1 Å². The highest BCUT2D eigenvalue weighted by Gasteiger charge is 2.35. The topological polar surface area (TPSA) is 40.6 Å². The zero-order valence-corrected chi connectivity index (χ0v) is 16.1. The van der Waals surface area contributed by atoms with Gasteiger partial charge in [0.15, 0.2) is 0 Å². The average molecular weight is 401 g/mol. The van der Waals surface area contributed by atoms with Gasteiger partial charge in [-0.05, 0) is 43.5 Å². The number of imide groups is 1. The number of anilines is 1. The normalized spacial score (nSPS) is 16.6. The van der Waals surface area contributed by atoms with E-state index in [1.807, 2.05) is 19.1 Å². The molecule has 2 aromatic rings. The maximum atomic E-state index is 13.1. The van der Waals surface area contributed by atoms with Crippen LogP contribution in [0.1, 0.15) is 52.5 Å². The van der Waals surface area contributed by atoms with E-state index in [9.17, 15) is 9.59 Å². The van der Waals surface area contributed by atoms with Gasteiger partial charge in [0.1, 0.15) is 0 Å². The molecule has 0 aromatic heterocycles. The number of halogens is 1. The predicted octanol–water partition coefficient (Wildman–Crippen LogP) is 4.52. The van der Waals surface area contributed by atoms with E-state index in [1.54, 1.807) is 0 Å². The minimum absolute atomic E-state index is 0.151. The fourth-order valence-electron chi connectivity index (χ4n) is 3.79. The van der Waals surface area contributed by atoms with Gasteiger partial charge in [0.2, 0.25) is 0 Å². The third kappa shape index (κ3) is 2.40. The quantitative estimate of drug-likeness (QED) is 0.708. The van der Waals surface area contributed by atoms with Crippen molar-refractivity contribution >= 4 is 44.2 Å². The van der Waals surface area contributed by atoms with Crippen molar-refractivity contribution in [1.29, 1.82) is 0 Å². The van der Waals surface area contributed by atoms with Crippen LogP contribution in [0.25, 0.3) is 10.8 Å². The summed E-state index contributed by atoms with van der Waals surface area (Å²) in [7, 11) is 0. The van der Waals surface area contributed by atoms with E-state index < -0.39 is 0 Å². The summed E-state index contributed by atoms with van der Waals surface area (Å²) in [6.07, 6.45) is 2.96. The third-order valence-electron chi connectivity index (χ3n) is 5.27. The molecule has 25 heavy (non-hydrogen) atoms. The highest BCUT2D eigenvalue weighted by Crippen LogP contribution is 2.42. The van der Waals surface area contributed by atoms with E-state index in [-0.39, 0.29) is 11.8 Å². The smallest absolute Gasteiger partial charge is 0.261 e. The van der Waals surface area contributed by atoms with Crippen LogP contribution in [-0.2, 0) is 0 Å². The highest BCUT2D eigenvalue weighted by molar-refractivity contribution is 9.10. The molecular weight excluding hydrogens is 380 g/mol. The van der Waals surface area contributed by atoms with Crippen molar-refractivity contribution < 1.29 is 9.59 Å². The monoisotopic (exact) mass is 400 g/mol. The Kier molecular flexibility index (Phi) is 4.07. The molecule has 0 radical (unpaired) electrons. The van der Waals surface area contributed by atoms with E-state index in [0.29, 0.717) is 17.7 Å². The molecule has 0 saturated carbocycles. The zero-order valence-electron chi connectivity index (χ0n) is 14.6. The first-order valence-corrected chi connectivity index (χ1v) is 9.70. The van der Waals surface area contributed by atoms with Crippen LogP contribution in [-0.4, -0.2) is 36.3 Å². The largest absolute Gasteiger partial charge is 0.371 e. The van der Waals surface area contributed by atoms with Crippen molar-refractivity contribution in [3.8, 4) is 0 Å². The summed E-state index contributed by atoms with van der Waals surface area (Å²) in [4.78, 5) is 29.8. The fourth-order valence-corrected chi connectivity index (χ4v) is 4.32. The summed E-state index contributed by atoms with van der Waals surface area (Å²) in [5, 5.41) is 1.81. The second-order valence-electron chi connectivity index (χ2n) is 6.89. The molecule has 1 saturated heterocycles. The maximum Gasteiger partial charge on any atom is 0.261 e. The number of benzene rings is 2. The molecule has 0 aliphatic carbocycles. The summed E-state index contributed by atoms with van der Waals surface area (Å²) < 4.78 is 0.942. The fraction of sp³-hybridized carbons (Fsp3) is 0.400.